The van der Waals surface area contributed by atoms with E-state index in [-0.39, 0.29) is 22.7 Å². The van der Waals surface area contributed by atoms with E-state index in [1.807, 2.05) is 0 Å². The van der Waals surface area contributed by atoms with Crippen molar-refractivity contribution in [2.45, 2.75) is 13.8 Å². The molecule has 0 bridgehead atoms. The molecule has 0 spiro atoms. The molecule has 0 radical (unpaired) electrons. The Hall–Kier alpha value is -2.23. The van der Waals surface area contributed by atoms with E-state index in [1.54, 1.807) is 0 Å². The number of ketones is 2. The highest BCUT2D eigenvalue weighted by Crippen LogP contribution is 2.10. The van der Waals surface area contributed by atoms with Crippen LogP contribution in [0.4, 0.5) is 0 Å². The van der Waals surface area contributed by atoms with Crippen LogP contribution >= 0.6 is 0 Å². The number of benzene rings is 1. The minimum atomic E-state index is -1.26. The van der Waals surface area contributed by atoms with Gasteiger partial charge in [-0.25, -0.2) is 0 Å². The van der Waals surface area contributed by atoms with Crippen LogP contribution in [-0.2, 0) is 9.59 Å². The van der Waals surface area contributed by atoms with Gasteiger partial charge in [0, 0.05) is 0 Å². The summed E-state index contributed by atoms with van der Waals surface area (Å²) in [6, 6.07) is 5.74. The molecule has 0 aliphatic heterocycles. The molecular formula is C13H11O4-. The van der Waals surface area contributed by atoms with E-state index in [2.05, 4.69) is 0 Å². The molecule has 0 unspecified atom stereocenters. The Morgan fingerprint density at radius 1 is 1.00 bits per heavy atom. The van der Waals surface area contributed by atoms with Crippen LogP contribution in [0, 0.1) is 0 Å². The summed E-state index contributed by atoms with van der Waals surface area (Å²) in [6.07, 6.45) is 1.43. The van der Waals surface area contributed by atoms with Crippen LogP contribution in [0.2, 0.25) is 0 Å². The fraction of sp³-hybridized carbons (Fsp3) is 0.154. The quantitative estimate of drug-likeness (QED) is 0.432. The van der Waals surface area contributed by atoms with Crippen LogP contribution in [0.3, 0.4) is 0 Å². The summed E-state index contributed by atoms with van der Waals surface area (Å²) in [6.45, 7) is 2.62. The summed E-state index contributed by atoms with van der Waals surface area (Å²) >= 11 is 0. The maximum atomic E-state index is 11.2. The highest BCUT2D eigenvalue weighted by Gasteiger charge is 2.08. The lowest BCUT2D eigenvalue weighted by atomic mass is 10.0. The topological polar surface area (TPSA) is 74.3 Å². The van der Waals surface area contributed by atoms with E-state index in [1.165, 1.54) is 44.2 Å². The molecule has 0 saturated heterocycles. The Balaban J connectivity index is 3.09. The number of hydrogen-bond donors (Lipinski definition) is 0. The maximum absolute atomic E-state index is 11.2. The van der Waals surface area contributed by atoms with E-state index >= 15 is 0 Å². The molecule has 0 N–H and O–H groups in total. The first-order valence-electron chi connectivity index (χ1n) is 4.97. The summed E-state index contributed by atoms with van der Waals surface area (Å²) in [4.78, 5) is 32.9. The lowest BCUT2D eigenvalue weighted by molar-refractivity contribution is -0.255. The SMILES string of the molecule is CC(=O)C(=Cc1ccc(C(=O)[O-])cc1)C(C)=O. The minimum absolute atomic E-state index is 0.0503. The lowest BCUT2D eigenvalue weighted by Crippen LogP contribution is -2.21. The fourth-order valence-electron chi connectivity index (χ4n) is 1.33. The number of Topliss-reactive ketones (excluding diaryl/α,β-unsaturated/α-hetero) is 2. The van der Waals surface area contributed by atoms with Gasteiger partial charge in [0.25, 0.3) is 0 Å². The predicted molar refractivity (Wildman–Crippen MR) is 60.1 cm³/mol. The zero-order valence-corrected chi connectivity index (χ0v) is 9.52. The molecule has 88 valence electrons. The minimum Gasteiger partial charge on any atom is -0.545 e. The summed E-state index contributed by atoms with van der Waals surface area (Å²) in [5.41, 5.74) is 0.732. The molecule has 4 nitrogen and oxygen atoms in total. The number of carbonyl (C=O) groups is 3. The average Bonchev–Trinajstić information content (AvgIpc) is 2.25. The van der Waals surface area contributed by atoms with Gasteiger partial charge in [-0.15, -0.1) is 0 Å². The monoisotopic (exact) mass is 231 g/mol. The largest absolute Gasteiger partial charge is 0.545 e. The maximum Gasteiger partial charge on any atom is 0.163 e. The first-order valence-corrected chi connectivity index (χ1v) is 4.97. The van der Waals surface area contributed by atoms with Crippen LogP contribution in [0.1, 0.15) is 29.8 Å². The molecule has 0 saturated carbocycles. The third kappa shape index (κ3) is 3.38. The van der Waals surface area contributed by atoms with Crippen molar-refractivity contribution in [3.05, 3.63) is 41.0 Å². The normalized spacial score (nSPS) is 9.53. The third-order valence-corrected chi connectivity index (χ3v) is 2.22. The van der Waals surface area contributed by atoms with Gasteiger partial charge in [0.05, 0.1) is 11.5 Å². The van der Waals surface area contributed by atoms with Crippen molar-refractivity contribution in [3.8, 4) is 0 Å². The molecule has 0 atom stereocenters. The molecule has 0 aromatic heterocycles. The number of carboxylic acid groups (broad SMARTS) is 1. The second kappa shape index (κ2) is 5.21. The standard InChI is InChI=1S/C13H12O4/c1-8(14)12(9(2)15)7-10-3-5-11(6-4-10)13(16)17/h3-7H,1-2H3,(H,16,17)/p-1. The van der Waals surface area contributed by atoms with E-state index < -0.39 is 5.97 Å². The highest BCUT2D eigenvalue weighted by molar-refractivity contribution is 6.21. The van der Waals surface area contributed by atoms with Gasteiger partial charge in [-0.3, -0.25) is 9.59 Å². The van der Waals surface area contributed by atoms with Gasteiger partial charge in [0.2, 0.25) is 0 Å². The van der Waals surface area contributed by atoms with Crippen molar-refractivity contribution in [1.82, 2.24) is 0 Å². The first-order chi connectivity index (χ1) is 7.91. The Labute approximate surface area is 98.6 Å². The predicted octanol–water partition coefficient (Wildman–Crippen LogP) is 0.611. The van der Waals surface area contributed by atoms with Crippen molar-refractivity contribution in [3.63, 3.8) is 0 Å². The summed E-state index contributed by atoms with van der Waals surface area (Å²) < 4.78 is 0. The molecule has 0 aliphatic rings. The Morgan fingerprint density at radius 3 is 1.82 bits per heavy atom. The van der Waals surface area contributed by atoms with E-state index in [4.69, 9.17) is 0 Å². The van der Waals surface area contributed by atoms with Crippen molar-refractivity contribution >= 4 is 23.6 Å². The number of rotatable bonds is 4. The van der Waals surface area contributed by atoms with Gasteiger partial charge in [-0.1, -0.05) is 24.3 Å². The zero-order chi connectivity index (χ0) is 13.0. The van der Waals surface area contributed by atoms with Crippen molar-refractivity contribution < 1.29 is 19.5 Å². The second-order valence-corrected chi connectivity index (χ2v) is 3.58. The number of carbonyl (C=O) groups excluding carboxylic acids is 3. The summed E-state index contributed by atoms with van der Waals surface area (Å²) in [7, 11) is 0. The average molecular weight is 231 g/mol. The fourth-order valence-corrected chi connectivity index (χ4v) is 1.33. The van der Waals surface area contributed by atoms with E-state index in [0.29, 0.717) is 5.56 Å². The van der Waals surface area contributed by atoms with Crippen LogP contribution in [0.5, 0.6) is 0 Å². The molecule has 17 heavy (non-hydrogen) atoms. The van der Waals surface area contributed by atoms with Gasteiger partial charge >= 0.3 is 0 Å². The smallest absolute Gasteiger partial charge is 0.163 e. The third-order valence-electron chi connectivity index (χ3n) is 2.22. The second-order valence-electron chi connectivity index (χ2n) is 3.58. The molecule has 1 rings (SSSR count). The number of carboxylic acids is 1. The number of allylic oxidation sites excluding steroid dienone is 1. The molecule has 0 heterocycles. The van der Waals surface area contributed by atoms with Gasteiger partial charge in [-0.05, 0) is 31.1 Å². The zero-order valence-electron chi connectivity index (χ0n) is 9.52. The van der Waals surface area contributed by atoms with Gasteiger partial charge in [0.15, 0.2) is 11.6 Å². The van der Waals surface area contributed by atoms with Crippen molar-refractivity contribution in [2.24, 2.45) is 0 Å². The molecule has 0 fully saturated rings. The molecular weight excluding hydrogens is 220 g/mol. The first kappa shape index (κ1) is 12.8. The van der Waals surface area contributed by atoms with Crippen LogP contribution < -0.4 is 5.11 Å². The van der Waals surface area contributed by atoms with Gasteiger partial charge < -0.3 is 9.90 Å². The number of hydrogen-bond acceptors (Lipinski definition) is 4. The molecule has 0 aliphatic carbocycles. The van der Waals surface area contributed by atoms with Crippen molar-refractivity contribution in [2.75, 3.05) is 0 Å². The van der Waals surface area contributed by atoms with Gasteiger partial charge in [-0.2, -0.15) is 0 Å². The molecule has 1 aromatic carbocycles. The summed E-state index contributed by atoms with van der Waals surface area (Å²) in [5.74, 6) is -1.90. The summed E-state index contributed by atoms with van der Waals surface area (Å²) in [5, 5.41) is 10.5. The lowest BCUT2D eigenvalue weighted by Gasteiger charge is -2.03. The van der Waals surface area contributed by atoms with Crippen LogP contribution in [0.25, 0.3) is 6.08 Å². The van der Waals surface area contributed by atoms with Crippen LogP contribution in [-0.4, -0.2) is 17.5 Å². The van der Waals surface area contributed by atoms with E-state index in [9.17, 15) is 19.5 Å². The molecule has 0 amide bonds. The molecule has 1 aromatic rings. The van der Waals surface area contributed by atoms with Crippen LogP contribution in [0.15, 0.2) is 29.8 Å². The van der Waals surface area contributed by atoms with Crippen molar-refractivity contribution in [1.29, 1.82) is 0 Å². The molecule has 4 heteroatoms. The van der Waals surface area contributed by atoms with Gasteiger partial charge in [0.1, 0.15) is 0 Å². The van der Waals surface area contributed by atoms with E-state index in [0.717, 1.165) is 0 Å². The Kier molecular flexibility index (Phi) is 3.93. The highest BCUT2D eigenvalue weighted by atomic mass is 16.4. The Bertz CT molecular complexity index is 479. The number of aromatic carboxylic acids is 1. The Morgan fingerprint density at radius 2 is 1.47 bits per heavy atom.